The summed E-state index contributed by atoms with van der Waals surface area (Å²) >= 11 is 6.15. The molecule has 4 heteroatoms. The summed E-state index contributed by atoms with van der Waals surface area (Å²) in [5.41, 5.74) is 3.85. The first-order valence-electron chi connectivity index (χ1n) is 8.02. The zero-order valence-electron chi connectivity index (χ0n) is 13.8. The zero-order valence-corrected chi connectivity index (χ0v) is 14.5. The van der Waals surface area contributed by atoms with Crippen LogP contribution in [0.15, 0.2) is 42.5 Å². The van der Waals surface area contributed by atoms with Gasteiger partial charge in [0.15, 0.2) is 0 Å². The average molecular weight is 331 g/mol. The number of benzene rings is 2. The minimum Gasteiger partial charge on any atom is -0.497 e. The van der Waals surface area contributed by atoms with Gasteiger partial charge in [-0.05, 0) is 42.3 Å². The van der Waals surface area contributed by atoms with E-state index in [4.69, 9.17) is 16.3 Å². The molecular formula is C19H23ClN2O. The molecule has 0 radical (unpaired) electrons. The summed E-state index contributed by atoms with van der Waals surface area (Å²) in [5, 5.41) is 0.810. The molecule has 0 aliphatic carbocycles. The molecule has 0 amide bonds. The van der Waals surface area contributed by atoms with Crippen LogP contribution in [-0.2, 0) is 6.54 Å². The fourth-order valence-corrected chi connectivity index (χ4v) is 3.27. The molecule has 0 spiro atoms. The normalized spacial score (nSPS) is 15.7. The van der Waals surface area contributed by atoms with Gasteiger partial charge in [-0.1, -0.05) is 29.8 Å². The van der Waals surface area contributed by atoms with Crippen LogP contribution in [-0.4, -0.2) is 38.2 Å². The SMILES string of the molecule is COc1cccc(CN2CCN(c3cc(Cl)ccc3C)CC2)c1. The van der Waals surface area contributed by atoms with Gasteiger partial charge >= 0.3 is 0 Å². The van der Waals surface area contributed by atoms with E-state index in [9.17, 15) is 0 Å². The summed E-state index contributed by atoms with van der Waals surface area (Å²) in [6.07, 6.45) is 0. The monoisotopic (exact) mass is 330 g/mol. The van der Waals surface area contributed by atoms with E-state index in [-0.39, 0.29) is 0 Å². The standard InChI is InChI=1S/C19H23ClN2O/c1-15-6-7-17(20)13-19(15)22-10-8-21(9-11-22)14-16-4-3-5-18(12-16)23-2/h3-7,12-13H,8-11,14H2,1-2H3. The molecule has 2 aromatic rings. The van der Waals surface area contributed by atoms with Gasteiger partial charge in [-0.25, -0.2) is 0 Å². The summed E-state index contributed by atoms with van der Waals surface area (Å²) in [6.45, 7) is 7.30. The third kappa shape index (κ3) is 3.98. The topological polar surface area (TPSA) is 15.7 Å². The fraction of sp³-hybridized carbons (Fsp3) is 0.368. The average Bonchev–Trinajstić information content (AvgIpc) is 2.58. The molecule has 0 unspecified atom stereocenters. The molecule has 0 bridgehead atoms. The van der Waals surface area contributed by atoms with Gasteiger partial charge in [-0.15, -0.1) is 0 Å². The second kappa shape index (κ2) is 7.24. The maximum absolute atomic E-state index is 6.15. The number of nitrogens with zero attached hydrogens (tertiary/aromatic N) is 2. The molecule has 23 heavy (non-hydrogen) atoms. The van der Waals surface area contributed by atoms with E-state index >= 15 is 0 Å². The fourth-order valence-electron chi connectivity index (χ4n) is 3.10. The maximum Gasteiger partial charge on any atom is 0.119 e. The van der Waals surface area contributed by atoms with Crippen molar-refractivity contribution in [3.63, 3.8) is 0 Å². The number of hydrogen-bond donors (Lipinski definition) is 0. The number of methoxy groups -OCH3 is 1. The molecule has 0 N–H and O–H groups in total. The maximum atomic E-state index is 6.15. The molecule has 1 saturated heterocycles. The van der Waals surface area contributed by atoms with Gasteiger partial charge in [0.05, 0.1) is 7.11 Å². The van der Waals surface area contributed by atoms with E-state index in [0.29, 0.717) is 0 Å². The Morgan fingerprint density at radius 2 is 1.83 bits per heavy atom. The first kappa shape index (κ1) is 16.2. The van der Waals surface area contributed by atoms with Gasteiger partial charge in [0.2, 0.25) is 0 Å². The number of halogens is 1. The molecule has 0 aromatic heterocycles. The second-order valence-corrected chi connectivity index (χ2v) is 6.48. The van der Waals surface area contributed by atoms with Crippen molar-refractivity contribution in [1.82, 2.24) is 4.90 Å². The third-order valence-corrected chi connectivity index (χ3v) is 4.66. The lowest BCUT2D eigenvalue weighted by Crippen LogP contribution is -2.46. The molecule has 1 aliphatic rings. The molecule has 3 nitrogen and oxygen atoms in total. The van der Waals surface area contributed by atoms with Crippen molar-refractivity contribution in [2.45, 2.75) is 13.5 Å². The van der Waals surface area contributed by atoms with Crippen LogP contribution in [0.1, 0.15) is 11.1 Å². The summed E-state index contributed by atoms with van der Waals surface area (Å²) < 4.78 is 5.30. The van der Waals surface area contributed by atoms with E-state index in [0.717, 1.165) is 43.5 Å². The van der Waals surface area contributed by atoms with E-state index in [1.54, 1.807) is 7.11 Å². The Hall–Kier alpha value is -1.71. The Labute approximate surface area is 143 Å². The number of rotatable bonds is 4. The van der Waals surface area contributed by atoms with Gasteiger partial charge in [0.25, 0.3) is 0 Å². The molecule has 3 rings (SSSR count). The Bertz CT molecular complexity index is 666. The van der Waals surface area contributed by atoms with E-state index in [1.807, 2.05) is 12.1 Å². The van der Waals surface area contributed by atoms with Crippen molar-refractivity contribution >= 4 is 17.3 Å². The van der Waals surface area contributed by atoms with E-state index in [1.165, 1.54) is 16.8 Å². The summed E-state index contributed by atoms with van der Waals surface area (Å²) in [5.74, 6) is 0.927. The Balaban J connectivity index is 1.61. The quantitative estimate of drug-likeness (QED) is 0.843. The van der Waals surface area contributed by atoms with Crippen LogP contribution < -0.4 is 9.64 Å². The molecule has 1 heterocycles. The molecule has 122 valence electrons. The minimum atomic E-state index is 0.810. The number of anilines is 1. The van der Waals surface area contributed by atoms with Crippen LogP contribution in [0.4, 0.5) is 5.69 Å². The first-order chi connectivity index (χ1) is 11.2. The van der Waals surface area contributed by atoms with Crippen LogP contribution in [0.2, 0.25) is 5.02 Å². The van der Waals surface area contributed by atoms with Crippen molar-refractivity contribution in [2.75, 3.05) is 38.2 Å². The van der Waals surface area contributed by atoms with Crippen molar-refractivity contribution < 1.29 is 4.74 Å². The smallest absolute Gasteiger partial charge is 0.119 e. The molecular weight excluding hydrogens is 308 g/mol. The van der Waals surface area contributed by atoms with E-state index in [2.05, 4.69) is 47.1 Å². The van der Waals surface area contributed by atoms with Gasteiger partial charge in [0, 0.05) is 43.4 Å². The summed E-state index contributed by atoms with van der Waals surface area (Å²) in [6, 6.07) is 14.5. The highest BCUT2D eigenvalue weighted by atomic mass is 35.5. The first-order valence-corrected chi connectivity index (χ1v) is 8.40. The van der Waals surface area contributed by atoms with Crippen LogP contribution in [0, 0.1) is 6.92 Å². The molecule has 1 aliphatic heterocycles. The number of piperazine rings is 1. The zero-order chi connectivity index (χ0) is 16.2. The van der Waals surface area contributed by atoms with Crippen molar-refractivity contribution in [2.24, 2.45) is 0 Å². The lowest BCUT2D eigenvalue weighted by atomic mass is 10.1. The highest BCUT2D eigenvalue weighted by Gasteiger charge is 2.18. The van der Waals surface area contributed by atoms with Crippen LogP contribution in [0.25, 0.3) is 0 Å². The van der Waals surface area contributed by atoms with Crippen LogP contribution >= 0.6 is 11.6 Å². The van der Waals surface area contributed by atoms with Crippen molar-refractivity contribution in [1.29, 1.82) is 0 Å². The third-order valence-electron chi connectivity index (χ3n) is 4.42. The lowest BCUT2D eigenvalue weighted by Gasteiger charge is -2.37. The number of aryl methyl sites for hydroxylation is 1. The van der Waals surface area contributed by atoms with Gasteiger partial charge < -0.3 is 9.64 Å². The molecule has 2 aromatic carbocycles. The van der Waals surface area contributed by atoms with Crippen molar-refractivity contribution in [3.8, 4) is 5.75 Å². The van der Waals surface area contributed by atoms with Gasteiger partial charge in [-0.2, -0.15) is 0 Å². The number of ether oxygens (including phenoxy) is 1. The predicted octanol–water partition coefficient (Wildman–Crippen LogP) is 3.98. The Morgan fingerprint density at radius 3 is 2.57 bits per heavy atom. The highest BCUT2D eigenvalue weighted by Crippen LogP contribution is 2.25. The highest BCUT2D eigenvalue weighted by molar-refractivity contribution is 6.30. The lowest BCUT2D eigenvalue weighted by molar-refractivity contribution is 0.249. The van der Waals surface area contributed by atoms with Gasteiger partial charge in [0.1, 0.15) is 5.75 Å². The minimum absolute atomic E-state index is 0.810. The summed E-state index contributed by atoms with van der Waals surface area (Å²) in [4.78, 5) is 4.93. The van der Waals surface area contributed by atoms with Gasteiger partial charge in [-0.3, -0.25) is 4.90 Å². The second-order valence-electron chi connectivity index (χ2n) is 6.05. The van der Waals surface area contributed by atoms with Crippen molar-refractivity contribution in [3.05, 3.63) is 58.6 Å². The molecule has 1 fully saturated rings. The van der Waals surface area contributed by atoms with Crippen LogP contribution in [0.3, 0.4) is 0 Å². The Morgan fingerprint density at radius 1 is 1.04 bits per heavy atom. The number of hydrogen-bond acceptors (Lipinski definition) is 3. The molecule has 0 atom stereocenters. The molecule has 0 saturated carbocycles. The van der Waals surface area contributed by atoms with Crippen LogP contribution in [0.5, 0.6) is 5.75 Å². The Kier molecular flexibility index (Phi) is 5.09. The van der Waals surface area contributed by atoms with E-state index < -0.39 is 0 Å². The summed E-state index contributed by atoms with van der Waals surface area (Å²) in [7, 11) is 1.71. The largest absolute Gasteiger partial charge is 0.497 e. The predicted molar refractivity (Wildman–Crippen MR) is 96.7 cm³/mol.